The average molecular weight is 413 g/mol. The second kappa shape index (κ2) is 8.20. The molecule has 4 rings (SSSR count). The van der Waals surface area contributed by atoms with Crippen LogP contribution >= 0.6 is 11.3 Å². The van der Waals surface area contributed by atoms with Crippen LogP contribution < -0.4 is 5.32 Å². The quantitative estimate of drug-likeness (QED) is 0.649. The molecule has 9 heteroatoms. The summed E-state index contributed by atoms with van der Waals surface area (Å²) in [6.45, 7) is 5.56. The molecule has 0 radical (unpaired) electrons. The van der Waals surface area contributed by atoms with Crippen LogP contribution in [0.15, 0.2) is 29.2 Å². The van der Waals surface area contributed by atoms with Gasteiger partial charge in [0.15, 0.2) is 0 Å². The van der Waals surface area contributed by atoms with Crippen molar-refractivity contribution in [3.05, 3.63) is 57.6 Å². The summed E-state index contributed by atoms with van der Waals surface area (Å²) in [6.07, 6.45) is 2.95. The van der Waals surface area contributed by atoms with Gasteiger partial charge in [-0.3, -0.25) is 14.7 Å². The molecule has 29 heavy (non-hydrogen) atoms. The van der Waals surface area contributed by atoms with Crippen LogP contribution in [0.4, 0.5) is 0 Å². The second-order valence-electron chi connectivity index (χ2n) is 7.43. The lowest BCUT2D eigenvalue weighted by Gasteiger charge is -2.27. The van der Waals surface area contributed by atoms with E-state index in [0.717, 1.165) is 29.1 Å². The molecular weight excluding hydrogens is 388 g/mol. The van der Waals surface area contributed by atoms with Gasteiger partial charge in [0.1, 0.15) is 5.69 Å². The summed E-state index contributed by atoms with van der Waals surface area (Å²) < 4.78 is 1.94. The van der Waals surface area contributed by atoms with Gasteiger partial charge in [0.05, 0.1) is 29.9 Å². The highest BCUT2D eigenvalue weighted by Crippen LogP contribution is 2.21. The maximum atomic E-state index is 12.6. The second-order valence-corrected chi connectivity index (χ2v) is 8.15. The molecule has 3 aromatic heterocycles. The van der Waals surface area contributed by atoms with Gasteiger partial charge in [-0.1, -0.05) is 0 Å². The number of thiazole rings is 1. The minimum atomic E-state index is -0.132. The fourth-order valence-electron chi connectivity index (χ4n) is 3.60. The molecule has 0 saturated carbocycles. The fourth-order valence-corrected chi connectivity index (χ4v) is 4.15. The predicted molar refractivity (Wildman–Crippen MR) is 110 cm³/mol. The van der Waals surface area contributed by atoms with Crippen molar-refractivity contribution >= 4 is 23.2 Å². The molecule has 0 aromatic carbocycles. The van der Waals surface area contributed by atoms with E-state index in [2.05, 4.69) is 20.5 Å². The van der Waals surface area contributed by atoms with Crippen molar-refractivity contribution in [2.75, 3.05) is 6.54 Å². The molecule has 0 bridgehead atoms. The maximum Gasteiger partial charge on any atom is 0.268 e. The van der Waals surface area contributed by atoms with Crippen LogP contribution in [0.3, 0.4) is 0 Å². The largest absolute Gasteiger partial charge is 0.345 e. The zero-order valence-electron chi connectivity index (χ0n) is 16.5. The van der Waals surface area contributed by atoms with Crippen LogP contribution in [0.2, 0.25) is 0 Å². The standard InChI is InChI=1S/C20H24N6O2S/c1-13(2)26-6-3-4-18(26)20(28)21-9-17-15-10-25(7-5-16(15)23-24-17)19(27)8-14-11-29-12-22-14/h3-4,6,11-13H,5,7-10H2,1-2H3,(H,21,28)(H,23,24). The van der Waals surface area contributed by atoms with E-state index in [0.29, 0.717) is 31.7 Å². The third-order valence-electron chi connectivity index (χ3n) is 5.17. The Kier molecular flexibility index (Phi) is 5.48. The first kappa shape index (κ1) is 19.4. The Hall–Kier alpha value is -2.94. The minimum Gasteiger partial charge on any atom is -0.345 e. The van der Waals surface area contributed by atoms with E-state index in [-0.39, 0.29) is 17.9 Å². The van der Waals surface area contributed by atoms with Gasteiger partial charge in [0.2, 0.25) is 5.91 Å². The molecule has 8 nitrogen and oxygen atoms in total. The number of nitrogens with zero attached hydrogens (tertiary/aromatic N) is 4. The summed E-state index contributed by atoms with van der Waals surface area (Å²) in [7, 11) is 0. The molecule has 0 aliphatic carbocycles. The molecule has 0 unspecified atom stereocenters. The number of fused-ring (bicyclic) bond motifs is 1. The number of rotatable bonds is 6. The molecule has 0 saturated heterocycles. The van der Waals surface area contributed by atoms with E-state index in [1.54, 1.807) is 5.51 Å². The van der Waals surface area contributed by atoms with E-state index in [1.807, 2.05) is 47.0 Å². The zero-order valence-corrected chi connectivity index (χ0v) is 17.3. The minimum absolute atomic E-state index is 0.0625. The number of H-pyrrole nitrogens is 1. The van der Waals surface area contributed by atoms with E-state index in [4.69, 9.17) is 0 Å². The summed E-state index contributed by atoms with van der Waals surface area (Å²) in [6, 6.07) is 3.90. The summed E-state index contributed by atoms with van der Waals surface area (Å²) >= 11 is 1.49. The van der Waals surface area contributed by atoms with Gasteiger partial charge in [-0.25, -0.2) is 4.98 Å². The van der Waals surface area contributed by atoms with Gasteiger partial charge in [0, 0.05) is 48.4 Å². The highest BCUT2D eigenvalue weighted by Gasteiger charge is 2.25. The molecule has 1 aliphatic rings. The lowest BCUT2D eigenvalue weighted by molar-refractivity contribution is -0.131. The number of aromatic nitrogens is 4. The number of aromatic amines is 1. The molecule has 2 amide bonds. The van der Waals surface area contributed by atoms with E-state index < -0.39 is 0 Å². The molecule has 152 valence electrons. The van der Waals surface area contributed by atoms with Crippen LogP contribution in [-0.4, -0.2) is 43.0 Å². The number of hydrogen-bond donors (Lipinski definition) is 2. The summed E-state index contributed by atoms with van der Waals surface area (Å²) in [4.78, 5) is 31.3. The lowest BCUT2D eigenvalue weighted by Crippen LogP contribution is -2.37. The Morgan fingerprint density at radius 3 is 3.00 bits per heavy atom. The SMILES string of the molecule is CC(C)n1cccc1C(=O)NCc1n[nH]c2c1CN(C(=O)Cc1cscn1)CC2. The van der Waals surface area contributed by atoms with Gasteiger partial charge in [-0.15, -0.1) is 11.3 Å². The summed E-state index contributed by atoms with van der Waals surface area (Å²) in [5, 5.41) is 12.3. The number of carbonyl (C=O) groups is 2. The average Bonchev–Trinajstić information content (AvgIpc) is 3.46. The Morgan fingerprint density at radius 1 is 1.38 bits per heavy atom. The molecule has 3 aromatic rings. The summed E-state index contributed by atoms with van der Waals surface area (Å²) in [5.74, 6) is -0.0692. The Morgan fingerprint density at radius 2 is 2.24 bits per heavy atom. The van der Waals surface area contributed by atoms with Gasteiger partial charge in [-0.2, -0.15) is 5.10 Å². The van der Waals surface area contributed by atoms with Crippen LogP contribution in [0, 0.1) is 0 Å². The van der Waals surface area contributed by atoms with Gasteiger partial charge in [0.25, 0.3) is 5.91 Å². The first-order valence-electron chi connectivity index (χ1n) is 9.67. The van der Waals surface area contributed by atoms with Crippen molar-refractivity contribution < 1.29 is 9.59 Å². The first-order chi connectivity index (χ1) is 14.0. The lowest BCUT2D eigenvalue weighted by atomic mass is 10.0. The molecule has 0 atom stereocenters. The molecule has 2 N–H and O–H groups in total. The Labute approximate surface area is 172 Å². The van der Waals surface area contributed by atoms with Crippen molar-refractivity contribution in [1.82, 2.24) is 30.0 Å². The van der Waals surface area contributed by atoms with Crippen LogP contribution in [0.5, 0.6) is 0 Å². The van der Waals surface area contributed by atoms with Crippen molar-refractivity contribution in [2.45, 2.75) is 45.8 Å². The van der Waals surface area contributed by atoms with E-state index in [9.17, 15) is 9.59 Å². The van der Waals surface area contributed by atoms with Gasteiger partial charge >= 0.3 is 0 Å². The van der Waals surface area contributed by atoms with E-state index >= 15 is 0 Å². The third-order valence-corrected chi connectivity index (χ3v) is 5.81. The van der Waals surface area contributed by atoms with Crippen molar-refractivity contribution in [3.63, 3.8) is 0 Å². The first-order valence-corrected chi connectivity index (χ1v) is 10.6. The van der Waals surface area contributed by atoms with Crippen LogP contribution in [-0.2, 0) is 30.7 Å². The Bertz CT molecular complexity index is 1000. The molecule has 0 fully saturated rings. The normalized spacial score (nSPS) is 13.6. The fraction of sp³-hybridized carbons (Fsp3) is 0.400. The van der Waals surface area contributed by atoms with Gasteiger partial charge < -0.3 is 14.8 Å². The highest BCUT2D eigenvalue weighted by molar-refractivity contribution is 7.07. The number of nitrogens with one attached hydrogen (secondary N) is 2. The zero-order chi connectivity index (χ0) is 20.4. The van der Waals surface area contributed by atoms with Crippen LogP contribution in [0.1, 0.15) is 53.0 Å². The number of carbonyl (C=O) groups excluding carboxylic acids is 2. The molecule has 1 aliphatic heterocycles. The van der Waals surface area contributed by atoms with Crippen molar-refractivity contribution in [3.8, 4) is 0 Å². The van der Waals surface area contributed by atoms with Crippen molar-refractivity contribution in [1.29, 1.82) is 0 Å². The monoisotopic (exact) mass is 412 g/mol. The smallest absolute Gasteiger partial charge is 0.268 e. The van der Waals surface area contributed by atoms with Gasteiger partial charge in [-0.05, 0) is 26.0 Å². The summed E-state index contributed by atoms with van der Waals surface area (Å²) in [5.41, 5.74) is 5.99. The number of hydrogen-bond acceptors (Lipinski definition) is 5. The number of amides is 2. The van der Waals surface area contributed by atoms with E-state index in [1.165, 1.54) is 11.3 Å². The predicted octanol–water partition coefficient (Wildman–Crippen LogP) is 2.31. The highest BCUT2D eigenvalue weighted by atomic mass is 32.1. The van der Waals surface area contributed by atoms with Crippen LogP contribution in [0.25, 0.3) is 0 Å². The third kappa shape index (κ3) is 4.09. The molecule has 0 spiro atoms. The molecular formula is C20H24N6O2S. The maximum absolute atomic E-state index is 12.6. The Balaban J connectivity index is 1.41. The van der Waals surface area contributed by atoms with Crippen molar-refractivity contribution in [2.24, 2.45) is 0 Å². The topological polar surface area (TPSA) is 95.9 Å². The molecule has 4 heterocycles.